The number of amides is 2. The zero-order valence-electron chi connectivity index (χ0n) is 20.4. The molecule has 1 atom stereocenters. The molecule has 5 rings (SSSR count). The highest BCUT2D eigenvalue weighted by molar-refractivity contribution is 6.00. The number of imidazole rings is 1. The number of carbonyl (C=O) groups is 3. The number of nitrogens with one attached hydrogen (secondary N) is 2. The fourth-order valence-electron chi connectivity index (χ4n) is 5.47. The van der Waals surface area contributed by atoms with Crippen molar-refractivity contribution in [2.45, 2.75) is 50.7 Å². The van der Waals surface area contributed by atoms with Gasteiger partial charge in [-0.25, -0.2) is 9.59 Å². The number of benzene rings is 1. The third-order valence-electron chi connectivity index (χ3n) is 7.69. The molecule has 1 aromatic heterocycles. The summed E-state index contributed by atoms with van der Waals surface area (Å²) in [6.07, 6.45) is 0.481. The lowest BCUT2D eigenvalue weighted by Gasteiger charge is -2.45. The van der Waals surface area contributed by atoms with Gasteiger partial charge in [-0.1, -0.05) is 0 Å². The summed E-state index contributed by atoms with van der Waals surface area (Å²) >= 11 is 0. The molecule has 13 heteroatoms. The molecule has 4 heterocycles. The number of alkyl halides is 3. The van der Waals surface area contributed by atoms with E-state index in [-0.39, 0.29) is 18.0 Å². The SMILES string of the molecule is Cn1c(=O)n(C2CCC(=O)NC2=O)c2ccc(N3CCC4(CCNCC4)CC3)cc21.O=C(O)C(F)(F)F. The Morgan fingerprint density at radius 3 is 2.24 bits per heavy atom. The van der Waals surface area contributed by atoms with Crippen LogP contribution in [0.5, 0.6) is 0 Å². The minimum atomic E-state index is -5.08. The highest BCUT2D eigenvalue weighted by Crippen LogP contribution is 2.40. The van der Waals surface area contributed by atoms with E-state index in [1.165, 1.54) is 25.7 Å². The van der Waals surface area contributed by atoms with Gasteiger partial charge in [0.05, 0.1) is 11.0 Å². The standard InChI is InChI=1S/C22H29N5O3.C2HF3O2/c1-25-18-14-15(26-12-8-22(9-13-26)6-10-23-11-7-22)2-3-16(18)27(21(25)30)17-4-5-19(28)24-20(17)29;3-2(4,5)1(6)7/h2-3,14,17,23H,4-13H2,1H3,(H,24,28,29);(H,6,7). The minimum absolute atomic E-state index is 0.219. The van der Waals surface area contributed by atoms with Gasteiger partial charge in [-0.2, -0.15) is 13.2 Å². The first-order valence-corrected chi connectivity index (χ1v) is 12.2. The normalized spacial score (nSPS) is 21.9. The number of carboxylic acid groups (broad SMARTS) is 1. The number of imide groups is 1. The number of hydrogen-bond acceptors (Lipinski definition) is 6. The molecule has 0 radical (unpaired) electrons. The number of hydrogen-bond donors (Lipinski definition) is 3. The highest BCUT2D eigenvalue weighted by Gasteiger charge is 2.38. The Hall–Kier alpha value is -3.35. The van der Waals surface area contributed by atoms with Gasteiger partial charge in [-0.05, 0) is 68.8 Å². The van der Waals surface area contributed by atoms with Crippen molar-refractivity contribution in [2.24, 2.45) is 12.5 Å². The number of fused-ring (bicyclic) bond motifs is 1. The average Bonchev–Trinajstić information content (AvgIpc) is 3.09. The van der Waals surface area contributed by atoms with Crippen LogP contribution in [0.1, 0.15) is 44.6 Å². The molecule has 37 heavy (non-hydrogen) atoms. The van der Waals surface area contributed by atoms with Crippen molar-refractivity contribution in [1.82, 2.24) is 19.8 Å². The van der Waals surface area contributed by atoms with E-state index >= 15 is 0 Å². The Bertz CT molecular complexity index is 1250. The van der Waals surface area contributed by atoms with Gasteiger partial charge in [-0.3, -0.25) is 24.0 Å². The molecule has 2 aromatic rings. The summed E-state index contributed by atoms with van der Waals surface area (Å²) in [5.74, 6) is -3.43. The third-order valence-corrected chi connectivity index (χ3v) is 7.69. The smallest absolute Gasteiger partial charge is 0.475 e. The molecule has 3 aliphatic rings. The van der Waals surface area contributed by atoms with Crippen LogP contribution in [0.3, 0.4) is 0 Å². The van der Waals surface area contributed by atoms with E-state index in [0.717, 1.165) is 42.9 Å². The average molecular weight is 526 g/mol. The summed E-state index contributed by atoms with van der Waals surface area (Å²) in [6.45, 7) is 4.32. The van der Waals surface area contributed by atoms with Crippen LogP contribution < -0.4 is 21.2 Å². The van der Waals surface area contributed by atoms with Crippen LogP contribution in [0.25, 0.3) is 11.0 Å². The molecule has 2 amide bonds. The molecule has 3 saturated heterocycles. The van der Waals surface area contributed by atoms with E-state index in [4.69, 9.17) is 9.90 Å². The number of nitrogens with zero attached hydrogens (tertiary/aromatic N) is 3. The van der Waals surface area contributed by atoms with Gasteiger partial charge >= 0.3 is 17.8 Å². The van der Waals surface area contributed by atoms with Crippen LogP contribution in [-0.4, -0.2) is 64.4 Å². The predicted octanol–water partition coefficient (Wildman–Crippen LogP) is 1.92. The topological polar surface area (TPSA) is 126 Å². The molecule has 3 N–H and O–H groups in total. The lowest BCUT2D eigenvalue weighted by Crippen LogP contribution is -2.45. The summed E-state index contributed by atoms with van der Waals surface area (Å²) in [7, 11) is 1.75. The first-order valence-electron chi connectivity index (χ1n) is 12.2. The van der Waals surface area contributed by atoms with Crippen LogP contribution in [0.4, 0.5) is 18.9 Å². The van der Waals surface area contributed by atoms with Crippen LogP contribution in [0, 0.1) is 5.41 Å². The Kier molecular flexibility index (Phi) is 7.36. The van der Waals surface area contributed by atoms with Gasteiger partial charge in [0.25, 0.3) is 0 Å². The molecule has 0 aliphatic carbocycles. The molecule has 0 bridgehead atoms. The summed E-state index contributed by atoms with van der Waals surface area (Å²) in [4.78, 5) is 48.1. The van der Waals surface area contributed by atoms with Gasteiger partial charge in [0.2, 0.25) is 11.8 Å². The fourth-order valence-corrected chi connectivity index (χ4v) is 5.47. The number of carbonyl (C=O) groups excluding carboxylic acids is 2. The summed E-state index contributed by atoms with van der Waals surface area (Å²) in [5.41, 5.74) is 2.97. The van der Waals surface area contributed by atoms with Crippen LogP contribution in [0.2, 0.25) is 0 Å². The second-order valence-corrected chi connectivity index (χ2v) is 9.89. The van der Waals surface area contributed by atoms with Crippen LogP contribution in [-0.2, 0) is 21.4 Å². The Morgan fingerprint density at radius 1 is 1.05 bits per heavy atom. The second kappa shape index (κ2) is 10.2. The van der Waals surface area contributed by atoms with Gasteiger partial charge in [0.1, 0.15) is 6.04 Å². The van der Waals surface area contributed by atoms with Gasteiger partial charge < -0.3 is 15.3 Å². The maximum absolute atomic E-state index is 12.9. The summed E-state index contributed by atoms with van der Waals surface area (Å²) in [5, 5.41) is 13.0. The van der Waals surface area contributed by atoms with Crippen molar-refractivity contribution in [2.75, 3.05) is 31.1 Å². The van der Waals surface area contributed by atoms with E-state index in [1.54, 1.807) is 16.2 Å². The third kappa shape index (κ3) is 5.50. The first kappa shape index (κ1) is 26.7. The minimum Gasteiger partial charge on any atom is -0.475 e. The van der Waals surface area contributed by atoms with Crippen molar-refractivity contribution in [3.05, 3.63) is 28.7 Å². The second-order valence-electron chi connectivity index (χ2n) is 9.89. The molecular formula is C24H30F3N5O5. The highest BCUT2D eigenvalue weighted by atomic mass is 19.4. The molecule has 3 fully saturated rings. The predicted molar refractivity (Wildman–Crippen MR) is 128 cm³/mol. The Morgan fingerprint density at radius 2 is 1.68 bits per heavy atom. The number of halogens is 3. The van der Waals surface area contributed by atoms with Crippen molar-refractivity contribution in [3.63, 3.8) is 0 Å². The van der Waals surface area contributed by atoms with Crippen molar-refractivity contribution in [1.29, 1.82) is 0 Å². The molecule has 1 spiro atoms. The van der Waals surface area contributed by atoms with Gasteiger partial charge in [0.15, 0.2) is 0 Å². The number of aromatic nitrogens is 2. The Balaban J connectivity index is 0.000000405. The van der Waals surface area contributed by atoms with E-state index in [9.17, 15) is 27.6 Å². The number of piperidine rings is 3. The van der Waals surface area contributed by atoms with Crippen LogP contribution in [0.15, 0.2) is 23.0 Å². The largest absolute Gasteiger partial charge is 0.490 e. The zero-order chi connectivity index (χ0) is 27.0. The number of rotatable bonds is 2. The van der Waals surface area contributed by atoms with Crippen molar-refractivity contribution < 1.29 is 32.7 Å². The molecule has 10 nitrogen and oxygen atoms in total. The maximum Gasteiger partial charge on any atom is 0.490 e. The van der Waals surface area contributed by atoms with E-state index in [1.807, 2.05) is 6.07 Å². The lowest BCUT2D eigenvalue weighted by atomic mass is 9.71. The van der Waals surface area contributed by atoms with Crippen molar-refractivity contribution in [3.8, 4) is 0 Å². The summed E-state index contributed by atoms with van der Waals surface area (Å²) < 4.78 is 34.9. The van der Waals surface area contributed by atoms with Crippen molar-refractivity contribution >= 4 is 34.5 Å². The molecule has 1 unspecified atom stereocenters. The van der Waals surface area contributed by atoms with E-state index < -0.39 is 24.1 Å². The molecule has 3 aliphatic heterocycles. The van der Waals surface area contributed by atoms with Gasteiger partial charge in [0, 0.05) is 32.2 Å². The lowest BCUT2D eigenvalue weighted by molar-refractivity contribution is -0.192. The number of carboxylic acids is 1. The van der Waals surface area contributed by atoms with E-state index in [2.05, 4.69) is 27.7 Å². The van der Waals surface area contributed by atoms with E-state index in [0.29, 0.717) is 11.8 Å². The maximum atomic E-state index is 12.9. The number of aliphatic carboxylic acids is 1. The van der Waals surface area contributed by atoms with Crippen LogP contribution >= 0.6 is 0 Å². The quantitative estimate of drug-likeness (QED) is 0.512. The molecule has 0 saturated carbocycles. The Labute approximate surface area is 210 Å². The molecule has 1 aromatic carbocycles. The van der Waals surface area contributed by atoms with Gasteiger partial charge in [-0.15, -0.1) is 0 Å². The molecular weight excluding hydrogens is 495 g/mol. The zero-order valence-corrected chi connectivity index (χ0v) is 20.4. The number of anilines is 1. The fraction of sp³-hybridized carbons (Fsp3) is 0.583. The number of aryl methyl sites for hydroxylation is 1. The first-order chi connectivity index (χ1) is 17.4. The summed E-state index contributed by atoms with van der Waals surface area (Å²) in [6, 6.07) is 5.44. The monoisotopic (exact) mass is 525 g/mol. The molecule has 202 valence electrons.